The van der Waals surface area contributed by atoms with Crippen LogP contribution in [0.3, 0.4) is 0 Å². The Balaban J connectivity index is 2.47. The van der Waals surface area contributed by atoms with Crippen LogP contribution in [-0.4, -0.2) is 27.8 Å². The summed E-state index contributed by atoms with van der Waals surface area (Å²) in [6, 6.07) is 0. The Bertz CT molecular complexity index is 179. The van der Waals surface area contributed by atoms with Gasteiger partial charge in [0.05, 0.1) is 5.25 Å². The van der Waals surface area contributed by atoms with E-state index in [1.807, 2.05) is 11.8 Å². The number of carbonyl (C=O) groups excluding carboxylic acids is 1. The summed E-state index contributed by atoms with van der Waals surface area (Å²) in [7, 11) is 0. The molecule has 0 saturated carbocycles. The van der Waals surface area contributed by atoms with E-state index in [2.05, 4.69) is 13.5 Å². The molecule has 3 heteroatoms. The molecule has 1 saturated heterocycles. The van der Waals surface area contributed by atoms with Crippen LogP contribution < -0.4 is 0 Å². The number of thioether (sulfide) groups is 2. The number of Topliss-reactive ketones (excluding diaryl/α,β-unsaturated/α-hetero) is 1. The van der Waals surface area contributed by atoms with Gasteiger partial charge in [-0.05, 0) is 0 Å². The molecule has 0 radical (unpaired) electrons. The highest BCUT2D eigenvalue weighted by Crippen LogP contribution is 2.31. The molecule has 1 rings (SSSR count). The molecule has 1 fully saturated rings. The van der Waals surface area contributed by atoms with E-state index in [1.54, 1.807) is 17.8 Å². The number of allylic oxidation sites excluding steroid dienone is 1. The Morgan fingerprint density at radius 2 is 2.25 bits per heavy atom. The summed E-state index contributed by atoms with van der Waals surface area (Å²) in [5.41, 5.74) is 0. The first-order chi connectivity index (χ1) is 5.75. The van der Waals surface area contributed by atoms with Crippen LogP contribution in [0.2, 0.25) is 0 Å². The molecule has 0 spiro atoms. The molecule has 0 bridgehead atoms. The van der Waals surface area contributed by atoms with Crippen LogP contribution >= 0.6 is 23.5 Å². The van der Waals surface area contributed by atoms with Gasteiger partial charge in [-0.2, -0.15) is 11.8 Å². The van der Waals surface area contributed by atoms with Gasteiger partial charge >= 0.3 is 0 Å². The Morgan fingerprint density at radius 1 is 1.58 bits per heavy atom. The molecular formula is C9H14OS2. The quantitative estimate of drug-likeness (QED) is 0.654. The van der Waals surface area contributed by atoms with E-state index in [0.717, 1.165) is 5.75 Å². The molecule has 1 nitrogen and oxygen atoms in total. The van der Waals surface area contributed by atoms with Crippen LogP contribution in [-0.2, 0) is 4.79 Å². The minimum atomic E-state index is 0.210. The third kappa shape index (κ3) is 2.56. The first kappa shape index (κ1) is 10.2. The highest BCUT2D eigenvalue weighted by molar-refractivity contribution is 8.07. The maximum atomic E-state index is 11.5. The van der Waals surface area contributed by atoms with Crippen molar-refractivity contribution in [1.82, 2.24) is 0 Å². The summed E-state index contributed by atoms with van der Waals surface area (Å²) < 4.78 is 0. The minimum absolute atomic E-state index is 0.210. The normalized spacial score (nSPS) is 29.8. The lowest BCUT2D eigenvalue weighted by atomic mass is 10.1. The van der Waals surface area contributed by atoms with Gasteiger partial charge in [0.1, 0.15) is 0 Å². The van der Waals surface area contributed by atoms with Crippen molar-refractivity contribution >= 4 is 29.3 Å². The second-order valence-corrected chi connectivity index (χ2v) is 5.56. The van der Waals surface area contributed by atoms with Crippen LogP contribution in [0, 0.1) is 0 Å². The van der Waals surface area contributed by atoms with Gasteiger partial charge in [0.25, 0.3) is 0 Å². The van der Waals surface area contributed by atoms with E-state index in [4.69, 9.17) is 0 Å². The molecular weight excluding hydrogens is 188 g/mol. The molecule has 2 atom stereocenters. The number of rotatable bonds is 3. The number of ketones is 1. The molecule has 0 aliphatic carbocycles. The zero-order valence-electron chi connectivity index (χ0n) is 7.29. The second kappa shape index (κ2) is 4.97. The third-order valence-corrected chi connectivity index (χ3v) is 4.99. The zero-order chi connectivity index (χ0) is 8.97. The van der Waals surface area contributed by atoms with E-state index in [-0.39, 0.29) is 5.25 Å². The van der Waals surface area contributed by atoms with Crippen molar-refractivity contribution in [2.45, 2.75) is 23.8 Å². The van der Waals surface area contributed by atoms with Crippen LogP contribution in [0.15, 0.2) is 12.7 Å². The Hall–Kier alpha value is 0.110. The van der Waals surface area contributed by atoms with Gasteiger partial charge in [-0.3, -0.25) is 4.79 Å². The molecule has 68 valence electrons. The van der Waals surface area contributed by atoms with Crippen molar-refractivity contribution in [3.05, 3.63) is 12.7 Å². The van der Waals surface area contributed by atoms with Crippen molar-refractivity contribution in [3.8, 4) is 0 Å². The fourth-order valence-corrected chi connectivity index (χ4v) is 3.99. The summed E-state index contributed by atoms with van der Waals surface area (Å²) >= 11 is 3.71. The van der Waals surface area contributed by atoms with Gasteiger partial charge in [-0.15, -0.1) is 18.3 Å². The monoisotopic (exact) mass is 202 g/mol. The summed E-state index contributed by atoms with van der Waals surface area (Å²) in [6.45, 7) is 5.72. The zero-order valence-corrected chi connectivity index (χ0v) is 8.92. The van der Waals surface area contributed by atoms with Gasteiger partial charge in [-0.1, -0.05) is 13.0 Å². The van der Waals surface area contributed by atoms with Gasteiger partial charge in [0, 0.05) is 23.2 Å². The van der Waals surface area contributed by atoms with Gasteiger partial charge in [0.2, 0.25) is 0 Å². The molecule has 0 aromatic carbocycles. The van der Waals surface area contributed by atoms with Crippen molar-refractivity contribution in [3.63, 3.8) is 0 Å². The fourth-order valence-electron chi connectivity index (χ4n) is 1.25. The summed E-state index contributed by atoms with van der Waals surface area (Å²) in [4.78, 5) is 11.5. The Morgan fingerprint density at radius 3 is 2.83 bits per heavy atom. The third-order valence-electron chi connectivity index (χ3n) is 1.85. The predicted octanol–water partition coefficient (Wildman–Crippen LogP) is 2.37. The molecule has 0 aromatic heterocycles. The number of hydrogen-bond donors (Lipinski definition) is 0. The second-order valence-electron chi connectivity index (χ2n) is 2.83. The largest absolute Gasteiger partial charge is 0.298 e. The number of carbonyl (C=O) groups is 1. The van der Waals surface area contributed by atoms with Crippen LogP contribution in [0.5, 0.6) is 0 Å². The van der Waals surface area contributed by atoms with Gasteiger partial charge in [0.15, 0.2) is 5.78 Å². The average molecular weight is 202 g/mol. The van der Waals surface area contributed by atoms with Crippen LogP contribution in [0.4, 0.5) is 0 Å². The first-order valence-electron chi connectivity index (χ1n) is 4.12. The van der Waals surface area contributed by atoms with E-state index in [1.165, 1.54) is 5.75 Å². The lowest BCUT2D eigenvalue weighted by Crippen LogP contribution is -2.30. The van der Waals surface area contributed by atoms with E-state index in [9.17, 15) is 4.79 Å². The molecule has 1 aliphatic heterocycles. The molecule has 1 heterocycles. The fraction of sp³-hybridized carbons (Fsp3) is 0.667. The van der Waals surface area contributed by atoms with E-state index < -0.39 is 0 Å². The topological polar surface area (TPSA) is 17.1 Å². The Kier molecular flexibility index (Phi) is 4.22. The molecule has 0 amide bonds. The maximum Gasteiger partial charge on any atom is 0.150 e. The lowest BCUT2D eigenvalue weighted by molar-refractivity contribution is -0.117. The first-order valence-corrected chi connectivity index (χ1v) is 6.22. The van der Waals surface area contributed by atoms with E-state index >= 15 is 0 Å². The summed E-state index contributed by atoms with van der Waals surface area (Å²) in [6.07, 6.45) is 2.23. The van der Waals surface area contributed by atoms with Crippen molar-refractivity contribution in [2.75, 3.05) is 11.5 Å². The minimum Gasteiger partial charge on any atom is -0.298 e. The molecule has 0 N–H and O–H groups in total. The van der Waals surface area contributed by atoms with Crippen LogP contribution in [0.1, 0.15) is 13.3 Å². The highest BCUT2D eigenvalue weighted by Gasteiger charge is 2.27. The van der Waals surface area contributed by atoms with E-state index in [0.29, 0.717) is 17.5 Å². The average Bonchev–Trinajstić information content (AvgIpc) is 2.05. The maximum absolute atomic E-state index is 11.5. The standard InChI is InChI=1S/C9H14OS2/c1-3-4-8(10)9-7(2)11-5-6-12-9/h3,7,9H,1,4-6H2,2H3. The smallest absolute Gasteiger partial charge is 0.150 e. The van der Waals surface area contributed by atoms with Crippen molar-refractivity contribution in [2.24, 2.45) is 0 Å². The number of hydrogen-bond acceptors (Lipinski definition) is 3. The lowest BCUT2D eigenvalue weighted by Gasteiger charge is -2.26. The Labute approximate surface area is 82.4 Å². The van der Waals surface area contributed by atoms with Gasteiger partial charge < -0.3 is 0 Å². The highest BCUT2D eigenvalue weighted by atomic mass is 32.2. The van der Waals surface area contributed by atoms with Crippen LogP contribution in [0.25, 0.3) is 0 Å². The molecule has 2 unspecified atom stereocenters. The molecule has 0 aromatic rings. The van der Waals surface area contributed by atoms with Crippen molar-refractivity contribution in [1.29, 1.82) is 0 Å². The SMILES string of the molecule is C=CCC(=O)C1SCCSC1C. The summed E-state index contributed by atoms with van der Waals surface area (Å²) in [5.74, 6) is 2.64. The van der Waals surface area contributed by atoms with Gasteiger partial charge in [-0.25, -0.2) is 0 Å². The van der Waals surface area contributed by atoms with Crippen molar-refractivity contribution < 1.29 is 4.79 Å². The summed E-state index contributed by atoms with van der Waals surface area (Å²) in [5, 5.41) is 0.693. The predicted molar refractivity (Wildman–Crippen MR) is 58.0 cm³/mol. The molecule has 12 heavy (non-hydrogen) atoms. The molecule has 1 aliphatic rings.